The smallest absolute Gasteiger partial charge is 0.245 e. The highest BCUT2D eigenvalue weighted by atomic mass is 32.1. The number of likely N-dealkylation sites (tertiary alicyclic amines) is 1. The number of pyridine rings is 2. The van der Waals surface area contributed by atoms with Gasteiger partial charge in [0.05, 0.1) is 39.5 Å². The number of hydrogen-bond acceptors (Lipinski definition) is 7. The number of carbonyl (C=O) groups excluding carboxylic acids is 2. The monoisotopic (exact) mass is 487 g/mol. The van der Waals surface area contributed by atoms with Gasteiger partial charge in [-0.3, -0.25) is 19.7 Å². The van der Waals surface area contributed by atoms with E-state index in [0.717, 1.165) is 58.6 Å². The summed E-state index contributed by atoms with van der Waals surface area (Å²) in [5, 5.41) is 10.2. The summed E-state index contributed by atoms with van der Waals surface area (Å²) in [5.41, 5.74) is 3.91. The average Bonchev–Trinajstić information content (AvgIpc) is 3.63. The van der Waals surface area contributed by atoms with E-state index in [9.17, 15) is 9.59 Å². The highest BCUT2D eigenvalue weighted by molar-refractivity contribution is 7.18. The van der Waals surface area contributed by atoms with Gasteiger partial charge in [-0.25, -0.2) is 9.97 Å². The number of thiazole rings is 1. The Labute approximate surface area is 207 Å². The molecule has 2 N–H and O–H groups in total. The van der Waals surface area contributed by atoms with Gasteiger partial charge in [-0.1, -0.05) is 12.6 Å². The van der Waals surface area contributed by atoms with Gasteiger partial charge < -0.3 is 10.2 Å². The van der Waals surface area contributed by atoms with Crippen LogP contribution in [0.5, 0.6) is 0 Å². The normalized spacial score (nSPS) is 12.9. The van der Waals surface area contributed by atoms with E-state index in [1.807, 2.05) is 35.2 Å². The van der Waals surface area contributed by atoms with E-state index in [4.69, 9.17) is 0 Å². The fourth-order valence-electron chi connectivity index (χ4n) is 3.55. The van der Waals surface area contributed by atoms with E-state index in [0.29, 0.717) is 12.1 Å². The van der Waals surface area contributed by atoms with Crippen LogP contribution in [-0.4, -0.2) is 55.5 Å². The van der Waals surface area contributed by atoms with Gasteiger partial charge in [0.1, 0.15) is 5.01 Å². The molecule has 0 atom stereocenters. The number of piperidine rings is 1. The van der Waals surface area contributed by atoms with Crippen molar-refractivity contribution in [3.8, 4) is 32.7 Å². The molecule has 0 spiro atoms. The molecule has 4 aromatic heterocycles. The predicted molar refractivity (Wildman–Crippen MR) is 136 cm³/mol. The summed E-state index contributed by atoms with van der Waals surface area (Å²) in [6.45, 7) is 5.29. The third-order valence-electron chi connectivity index (χ3n) is 5.33. The second-order valence-corrected chi connectivity index (χ2v) is 8.72. The minimum Gasteiger partial charge on any atom is -0.339 e. The second kappa shape index (κ2) is 11.8. The Hall–Kier alpha value is -4.18. The molecule has 0 saturated carbocycles. The molecule has 9 nitrogen and oxygen atoms in total. The van der Waals surface area contributed by atoms with Crippen LogP contribution in [0.15, 0.2) is 67.6 Å². The Morgan fingerprint density at radius 2 is 1.86 bits per heavy atom. The van der Waals surface area contributed by atoms with Crippen molar-refractivity contribution in [3.63, 3.8) is 0 Å². The van der Waals surface area contributed by atoms with E-state index in [-0.39, 0.29) is 5.91 Å². The van der Waals surface area contributed by atoms with E-state index in [2.05, 4.69) is 37.0 Å². The maximum absolute atomic E-state index is 11.0. The number of carbonyl (C=O) groups is 2. The first-order chi connectivity index (χ1) is 17.2. The maximum atomic E-state index is 11.0. The van der Waals surface area contributed by atoms with Crippen LogP contribution in [0, 0.1) is 0 Å². The molecule has 0 bridgehead atoms. The Bertz CT molecular complexity index is 1260. The molecule has 4 aromatic rings. The van der Waals surface area contributed by atoms with Gasteiger partial charge in [-0.2, -0.15) is 5.10 Å². The third-order valence-corrected chi connectivity index (χ3v) is 6.38. The number of H-pyrrole nitrogens is 1. The summed E-state index contributed by atoms with van der Waals surface area (Å²) in [7, 11) is 0. The van der Waals surface area contributed by atoms with Crippen LogP contribution in [0.1, 0.15) is 19.3 Å². The van der Waals surface area contributed by atoms with Crippen LogP contribution in [0.2, 0.25) is 0 Å². The van der Waals surface area contributed by atoms with Crippen LogP contribution in [0.4, 0.5) is 5.69 Å². The minimum atomic E-state index is 0.0831. The molecule has 0 aliphatic carbocycles. The molecular formula is C25H25N7O2S. The molecule has 1 aliphatic rings. The lowest BCUT2D eigenvalue weighted by atomic mass is 10.1. The van der Waals surface area contributed by atoms with Gasteiger partial charge in [0.15, 0.2) is 0 Å². The Balaban J connectivity index is 0.000000243. The van der Waals surface area contributed by atoms with E-state index < -0.39 is 0 Å². The maximum Gasteiger partial charge on any atom is 0.245 e. The van der Waals surface area contributed by atoms with Crippen LogP contribution >= 0.6 is 11.3 Å². The van der Waals surface area contributed by atoms with Crippen molar-refractivity contribution in [2.75, 3.05) is 18.4 Å². The molecule has 35 heavy (non-hydrogen) atoms. The highest BCUT2D eigenvalue weighted by Gasteiger charge is 2.13. The van der Waals surface area contributed by atoms with Gasteiger partial charge >= 0.3 is 0 Å². The molecule has 5 rings (SSSR count). The summed E-state index contributed by atoms with van der Waals surface area (Å²) >= 11 is 1.51. The summed E-state index contributed by atoms with van der Waals surface area (Å²) in [5.74, 6) is 0.0831. The van der Waals surface area contributed by atoms with E-state index in [1.54, 1.807) is 24.7 Å². The Kier molecular flexibility index (Phi) is 8.08. The molecule has 10 heteroatoms. The molecule has 1 fully saturated rings. The SMILES string of the molecule is C=CC(=O)N1CCCCC1.O=CNc1ccc(-c2cnc(-c3cccc(-c4ccn[nH]4)n3)s2)nc1. The van der Waals surface area contributed by atoms with Crippen molar-refractivity contribution in [2.45, 2.75) is 19.3 Å². The number of aromatic nitrogens is 5. The van der Waals surface area contributed by atoms with Gasteiger partial charge in [-0.05, 0) is 55.7 Å². The van der Waals surface area contributed by atoms with Gasteiger partial charge in [0.25, 0.3) is 0 Å². The van der Waals surface area contributed by atoms with Gasteiger partial charge in [-0.15, -0.1) is 11.3 Å². The van der Waals surface area contributed by atoms with Crippen molar-refractivity contribution < 1.29 is 9.59 Å². The topological polar surface area (TPSA) is 117 Å². The molecule has 0 unspecified atom stereocenters. The number of hydrogen-bond donors (Lipinski definition) is 2. The number of rotatable bonds is 6. The van der Waals surface area contributed by atoms with Crippen LogP contribution in [-0.2, 0) is 9.59 Å². The predicted octanol–water partition coefficient (Wildman–Crippen LogP) is 4.41. The Morgan fingerprint density at radius 3 is 2.54 bits per heavy atom. The van der Waals surface area contributed by atoms with Gasteiger partial charge in [0, 0.05) is 25.5 Å². The molecule has 2 amide bonds. The van der Waals surface area contributed by atoms with Crippen molar-refractivity contribution >= 4 is 29.3 Å². The fourth-order valence-corrected chi connectivity index (χ4v) is 4.41. The molecule has 0 aromatic carbocycles. The first kappa shape index (κ1) is 24.0. The zero-order valence-electron chi connectivity index (χ0n) is 19.1. The van der Waals surface area contributed by atoms with Gasteiger partial charge in [0.2, 0.25) is 12.3 Å². The number of anilines is 1. The number of nitrogens with zero attached hydrogens (tertiary/aromatic N) is 5. The van der Waals surface area contributed by atoms with Crippen LogP contribution in [0.25, 0.3) is 32.7 Å². The lowest BCUT2D eigenvalue weighted by Gasteiger charge is -2.25. The van der Waals surface area contributed by atoms with Crippen molar-refractivity contribution in [1.82, 2.24) is 30.0 Å². The van der Waals surface area contributed by atoms with Crippen molar-refractivity contribution in [2.24, 2.45) is 0 Å². The second-order valence-electron chi connectivity index (χ2n) is 7.69. The lowest BCUT2D eigenvalue weighted by Crippen LogP contribution is -2.34. The van der Waals surface area contributed by atoms with Crippen molar-refractivity contribution in [3.05, 3.63) is 67.6 Å². The first-order valence-electron chi connectivity index (χ1n) is 11.2. The fraction of sp³-hybridized carbons (Fsp3) is 0.200. The highest BCUT2D eigenvalue weighted by Crippen LogP contribution is 2.31. The van der Waals surface area contributed by atoms with Crippen LogP contribution < -0.4 is 5.32 Å². The molecule has 0 radical (unpaired) electrons. The largest absolute Gasteiger partial charge is 0.339 e. The molecule has 178 valence electrons. The molecular weight excluding hydrogens is 462 g/mol. The zero-order chi connectivity index (χ0) is 24.5. The van der Waals surface area contributed by atoms with Crippen molar-refractivity contribution in [1.29, 1.82) is 0 Å². The van der Waals surface area contributed by atoms with Crippen LogP contribution in [0.3, 0.4) is 0 Å². The minimum absolute atomic E-state index is 0.0831. The third kappa shape index (κ3) is 6.24. The number of aromatic amines is 1. The Morgan fingerprint density at radius 1 is 1.03 bits per heavy atom. The number of nitrogens with one attached hydrogen (secondary N) is 2. The summed E-state index contributed by atoms with van der Waals surface area (Å²) in [6, 6.07) is 11.3. The van der Waals surface area contributed by atoms with E-state index in [1.165, 1.54) is 23.8 Å². The quantitative estimate of drug-likeness (QED) is 0.307. The molecule has 1 aliphatic heterocycles. The summed E-state index contributed by atoms with van der Waals surface area (Å²) in [4.78, 5) is 37.7. The standard InChI is InChI=1S/C17H12N6OS.C8H13NO/c24-10-20-11-4-5-14(18-8-11)16-9-19-17(25-16)15-3-1-2-12(22-15)13-6-7-21-23-13;1-2-8(10)9-6-4-3-5-7-9/h1-10H,(H,20,24)(H,21,23);2H,1,3-7H2. The number of amides is 2. The van der Waals surface area contributed by atoms with E-state index >= 15 is 0 Å². The molecule has 1 saturated heterocycles. The average molecular weight is 488 g/mol. The summed E-state index contributed by atoms with van der Waals surface area (Å²) in [6.07, 6.45) is 10.7. The summed E-state index contributed by atoms with van der Waals surface area (Å²) < 4.78 is 0. The first-order valence-corrected chi connectivity index (χ1v) is 12.0. The lowest BCUT2D eigenvalue weighted by molar-refractivity contribution is -0.126. The zero-order valence-corrected chi connectivity index (χ0v) is 19.9. The molecule has 5 heterocycles.